The van der Waals surface area contributed by atoms with Crippen molar-refractivity contribution in [2.45, 2.75) is 44.1 Å². The molecule has 28 heavy (non-hydrogen) atoms. The van der Waals surface area contributed by atoms with Gasteiger partial charge in [-0.15, -0.1) is 0 Å². The predicted octanol–water partition coefficient (Wildman–Crippen LogP) is 3.06. The Bertz CT molecular complexity index is 843. The van der Waals surface area contributed by atoms with Gasteiger partial charge in [0.1, 0.15) is 5.02 Å². The molecule has 1 aromatic carbocycles. The van der Waals surface area contributed by atoms with E-state index in [1.165, 1.54) is 12.1 Å². The lowest BCUT2D eigenvalue weighted by Crippen LogP contribution is -2.58. The Balaban J connectivity index is 1.37. The Kier molecular flexibility index (Phi) is 4.58. The molecule has 2 unspecified atom stereocenters. The van der Waals surface area contributed by atoms with Crippen molar-refractivity contribution in [3.8, 4) is 0 Å². The Morgan fingerprint density at radius 1 is 1.29 bits per heavy atom. The zero-order valence-electron chi connectivity index (χ0n) is 15.2. The zero-order chi connectivity index (χ0) is 20.1. The van der Waals surface area contributed by atoms with Gasteiger partial charge in [-0.25, -0.2) is 0 Å². The van der Waals surface area contributed by atoms with E-state index in [9.17, 15) is 24.8 Å². The minimum Gasteiger partial charge on any atom is -0.455 e. The monoisotopic (exact) mass is 408 g/mol. The lowest BCUT2D eigenvalue weighted by atomic mass is 9.48. The number of aliphatic hydroxyl groups is 1. The summed E-state index contributed by atoms with van der Waals surface area (Å²) in [5, 5.41) is 24.1. The number of ether oxygens (including phenoxy) is 1. The molecule has 0 heterocycles. The molecule has 1 amide bonds. The molecular formula is C19H21ClN2O6. The summed E-state index contributed by atoms with van der Waals surface area (Å²) in [4.78, 5) is 35.2. The molecule has 5 rings (SSSR count). The van der Waals surface area contributed by atoms with Crippen LogP contribution in [0.25, 0.3) is 0 Å². The van der Waals surface area contributed by atoms with E-state index in [2.05, 4.69) is 5.32 Å². The number of nitrogens with zero attached hydrogens (tertiary/aromatic N) is 1. The van der Waals surface area contributed by atoms with Crippen LogP contribution < -0.4 is 5.32 Å². The quantitative estimate of drug-likeness (QED) is 0.439. The number of benzene rings is 1. The topological polar surface area (TPSA) is 119 Å². The van der Waals surface area contributed by atoms with Gasteiger partial charge in [-0.1, -0.05) is 11.6 Å². The summed E-state index contributed by atoms with van der Waals surface area (Å²) < 4.78 is 5.29. The van der Waals surface area contributed by atoms with E-state index in [4.69, 9.17) is 16.3 Å². The van der Waals surface area contributed by atoms with Crippen LogP contribution >= 0.6 is 11.6 Å². The largest absolute Gasteiger partial charge is 0.455 e. The Hall–Kier alpha value is -2.19. The Morgan fingerprint density at radius 3 is 2.57 bits per heavy atom. The second-order valence-electron chi connectivity index (χ2n) is 8.51. The molecule has 8 nitrogen and oxygen atoms in total. The molecule has 4 aliphatic rings. The van der Waals surface area contributed by atoms with E-state index in [1.54, 1.807) is 0 Å². The standard InChI is InChI=1S/C19H21ClN2O6/c20-14-2-1-13(4-15(14)22(26)27)21-16(23)9-28-17(24)18-5-11-3-12(6-18)8-19(25,7-11)10-18/h1-2,4,11-12,25H,3,5-10H2,(H,21,23)/t11-,12+,18?,19?. The van der Waals surface area contributed by atoms with Gasteiger partial charge in [0.05, 0.1) is 15.9 Å². The summed E-state index contributed by atoms with van der Waals surface area (Å²) in [5.41, 5.74) is -1.61. The number of nitro groups is 1. The minimum absolute atomic E-state index is 0.0332. The molecule has 150 valence electrons. The molecular weight excluding hydrogens is 388 g/mol. The fourth-order valence-corrected chi connectivity index (χ4v) is 5.85. The first-order chi connectivity index (χ1) is 13.2. The summed E-state index contributed by atoms with van der Waals surface area (Å²) in [7, 11) is 0. The average molecular weight is 409 g/mol. The fourth-order valence-electron chi connectivity index (χ4n) is 5.66. The van der Waals surface area contributed by atoms with Crippen molar-refractivity contribution >= 4 is 34.9 Å². The van der Waals surface area contributed by atoms with E-state index in [1.807, 2.05) is 0 Å². The molecule has 0 aliphatic heterocycles. The molecule has 4 atom stereocenters. The third-order valence-corrected chi connectivity index (χ3v) is 6.54. The molecule has 4 aliphatic carbocycles. The van der Waals surface area contributed by atoms with E-state index >= 15 is 0 Å². The number of halogens is 1. The molecule has 0 saturated heterocycles. The lowest BCUT2D eigenvalue weighted by molar-refractivity contribution is -0.384. The molecule has 1 aromatic rings. The van der Waals surface area contributed by atoms with Crippen molar-refractivity contribution in [1.29, 1.82) is 0 Å². The number of nitro benzene ring substituents is 1. The van der Waals surface area contributed by atoms with E-state index in [0.717, 1.165) is 25.3 Å². The fraction of sp³-hybridized carbons (Fsp3) is 0.579. The predicted molar refractivity (Wildman–Crippen MR) is 99.8 cm³/mol. The van der Waals surface area contributed by atoms with E-state index in [-0.39, 0.29) is 16.4 Å². The van der Waals surface area contributed by atoms with Crippen molar-refractivity contribution < 1.29 is 24.4 Å². The molecule has 0 radical (unpaired) electrons. The molecule has 9 heteroatoms. The van der Waals surface area contributed by atoms with Crippen molar-refractivity contribution in [3.05, 3.63) is 33.3 Å². The van der Waals surface area contributed by atoms with Crippen LogP contribution in [0.15, 0.2) is 18.2 Å². The van der Waals surface area contributed by atoms with Crippen molar-refractivity contribution in [2.75, 3.05) is 11.9 Å². The summed E-state index contributed by atoms with van der Waals surface area (Å²) >= 11 is 5.75. The second kappa shape index (κ2) is 6.70. The molecule has 0 aromatic heterocycles. The molecule has 0 spiro atoms. The number of hydrogen-bond donors (Lipinski definition) is 2. The van der Waals surface area contributed by atoms with Crippen molar-refractivity contribution in [1.82, 2.24) is 0 Å². The minimum atomic E-state index is -0.784. The van der Waals surface area contributed by atoms with Crippen LogP contribution in [-0.2, 0) is 14.3 Å². The maximum Gasteiger partial charge on any atom is 0.312 e. The van der Waals surface area contributed by atoms with E-state index < -0.39 is 34.4 Å². The third kappa shape index (κ3) is 3.46. The third-order valence-electron chi connectivity index (χ3n) is 6.22. The Labute approximate surface area is 166 Å². The van der Waals surface area contributed by atoms with Gasteiger partial charge in [-0.2, -0.15) is 0 Å². The number of amides is 1. The van der Waals surface area contributed by atoms with Crippen LogP contribution in [0.5, 0.6) is 0 Å². The van der Waals surface area contributed by atoms with Gasteiger partial charge >= 0.3 is 5.97 Å². The zero-order valence-corrected chi connectivity index (χ0v) is 15.9. The average Bonchev–Trinajstić information content (AvgIpc) is 2.59. The van der Waals surface area contributed by atoms with Gasteiger partial charge in [0.2, 0.25) is 0 Å². The summed E-state index contributed by atoms with van der Waals surface area (Å²) in [6.07, 6.45) is 4.35. The Morgan fingerprint density at radius 2 is 1.96 bits per heavy atom. The van der Waals surface area contributed by atoms with Crippen LogP contribution in [0, 0.1) is 27.4 Å². The van der Waals surface area contributed by atoms with Crippen LogP contribution in [0.1, 0.15) is 38.5 Å². The number of nitrogens with one attached hydrogen (secondary N) is 1. The number of carbonyl (C=O) groups is 2. The van der Waals surface area contributed by atoms with E-state index in [0.29, 0.717) is 31.1 Å². The van der Waals surface area contributed by atoms with Crippen molar-refractivity contribution in [2.24, 2.45) is 17.3 Å². The van der Waals surface area contributed by atoms with Crippen LogP contribution in [0.3, 0.4) is 0 Å². The van der Waals surface area contributed by atoms with Gasteiger partial charge in [0, 0.05) is 11.8 Å². The van der Waals surface area contributed by atoms with Gasteiger partial charge in [-0.05, 0) is 62.5 Å². The first-order valence-electron chi connectivity index (χ1n) is 9.31. The summed E-state index contributed by atoms with van der Waals surface area (Å²) in [6.45, 7) is -0.481. The number of anilines is 1. The highest BCUT2D eigenvalue weighted by Gasteiger charge is 2.60. The number of rotatable bonds is 5. The maximum atomic E-state index is 12.8. The highest BCUT2D eigenvalue weighted by atomic mass is 35.5. The smallest absolute Gasteiger partial charge is 0.312 e. The van der Waals surface area contributed by atoms with Crippen LogP contribution in [0.4, 0.5) is 11.4 Å². The van der Waals surface area contributed by atoms with Crippen molar-refractivity contribution in [3.63, 3.8) is 0 Å². The van der Waals surface area contributed by atoms with Gasteiger partial charge < -0.3 is 15.2 Å². The number of hydrogen-bond acceptors (Lipinski definition) is 6. The SMILES string of the molecule is O=C(COC(=O)C12C[C@@H]3C[C@@H](CC(O)(C3)C1)C2)Nc1ccc(Cl)c([N+](=O)[O-])c1. The highest BCUT2D eigenvalue weighted by molar-refractivity contribution is 6.32. The molecule has 4 fully saturated rings. The number of esters is 1. The van der Waals surface area contributed by atoms with Gasteiger partial charge in [-0.3, -0.25) is 19.7 Å². The van der Waals surface area contributed by atoms with Gasteiger partial charge in [0.25, 0.3) is 11.6 Å². The van der Waals surface area contributed by atoms with Crippen LogP contribution in [0.2, 0.25) is 5.02 Å². The van der Waals surface area contributed by atoms with Gasteiger partial charge in [0.15, 0.2) is 6.61 Å². The first kappa shape index (κ1) is 19.1. The van der Waals surface area contributed by atoms with Crippen LogP contribution in [-0.4, -0.2) is 34.1 Å². The molecule has 4 saturated carbocycles. The molecule has 4 bridgehead atoms. The lowest BCUT2D eigenvalue weighted by Gasteiger charge is -2.58. The number of carbonyl (C=O) groups excluding carboxylic acids is 2. The summed E-state index contributed by atoms with van der Waals surface area (Å²) in [5.74, 6) is -0.352. The second-order valence-corrected chi connectivity index (χ2v) is 8.92. The normalized spacial score (nSPS) is 32.8. The first-order valence-corrected chi connectivity index (χ1v) is 9.69. The maximum absolute atomic E-state index is 12.8. The molecule has 2 N–H and O–H groups in total. The highest BCUT2D eigenvalue weighted by Crippen LogP contribution is 2.61. The summed E-state index contributed by atoms with van der Waals surface area (Å²) in [6, 6.07) is 3.90.